The molecule has 12 heteroatoms. The molecule has 40 heavy (non-hydrogen) atoms. The number of piperazine rings is 1. The van der Waals surface area contributed by atoms with Gasteiger partial charge in [-0.05, 0) is 81.6 Å². The van der Waals surface area contributed by atoms with Gasteiger partial charge in [0.15, 0.2) is 5.82 Å². The third-order valence-corrected chi connectivity index (χ3v) is 9.53. The fourth-order valence-corrected chi connectivity index (χ4v) is 6.77. The van der Waals surface area contributed by atoms with Gasteiger partial charge < -0.3 is 14.7 Å². The molecule has 1 amide bonds. The third kappa shape index (κ3) is 5.84. The summed E-state index contributed by atoms with van der Waals surface area (Å²) in [5.74, 6) is 0.596. The third-order valence-electron chi connectivity index (χ3n) is 7.48. The Morgan fingerprint density at radius 1 is 1.00 bits per heavy atom. The molecule has 9 nitrogen and oxygen atoms in total. The van der Waals surface area contributed by atoms with Gasteiger partial charge in [0.1, 0.15) is 16.9 Å². The first-order valence-electron chi connectivity index (χ1n) is 13.3. The summed E-state index contributed by atoms with van der Waals surface area (Å²) in [6.45, 7) is 8.69. The number of aromatic nitrogens is 2. The predicted molar refractivity (Wildman–Crippen MR) is 161 cm³/mol. The number of carbonyl (C=O) groups excluding carboxylic acids is 1. The van der Waals surface area contributed by atoms with Crippen LogP contribution in [0.4, 0.5) is 17.2 Å². The average Bonchev–Trinajstić information content (AvgIpc) is 2.94. The van der Waals surface area contributed by atoms with Crippen LogP contribution in [0.15, 0.2) is 47.4 Å². The first kappa shape index (κ1) is 28.4. The van der Waals surface area contributed by atoms with Crippen LogP contribution in [0.2, 0.25) is 10.0 Å². The van der Waals surface area contributed by atoms with Crippen LogP contribution in [0.1, 0.15) is 31.9 Å². The maximum absolute atomic E-state index is 13.4. The van der Waals surface area contributed by atoms with Gasteiger partial charge in [-0.25, -0.2) is 18.4 Å². The molecule has 0 bridgehead atoms. The fraction of sp³-hybridized carbons (Fsp3) is 0.393. The Balaban J connectivity index is 0.00000387. The number of halogens is 2. The maximum atomic E-state index is 13.4. The molecule has 2 aromatic carbocycles. The van der Waals surface area contributed by atoms with Crippen LogP contribution in [0.5, 0.6) is 0 Å². The van der Waals surface area contributed by atoms with E-state index in [1.54, 1.807) is 38.1 Å². The second-order valence-electron chi connectivity index (χ2n) is 10.2. The zero-order valence-corrected chi connectivity index (χ0v) is 25.0. The number of aryl methyl sites for hydroxylation is 3. The van der Waals surface area contributed by atoms with E-state index in [9.17, 15) is 13.2 Å². The number of rotatable bonds is 6. The summed E-state index contributed by atoms with van der Waals surface area (Å²) in [7, 11) is -3.89. The topological polar surface area (TPSA) is 98.7 Å². The lowest BCUT2D eigenvalue weighted by Crippen LogP contribution is -2.55. The molecular formula is C28H34Cl2N6O3S. The molecule has 1 fully saturated rings. The number of hydrogen-bond acceptors (Lipinski definition) is 7. The van der Waals surface area contributed by atoms with Gasteiger partial charge in [0, 0.05) is 50.5 Å². The summed E-state index contributed by atoms with van der Waals surface area (Å²) in [6, 6.07) is 12.3. The van der Waals surface area contributed by atoms with E-state index in [-0.39, 0.29) is 29.1 Å². The predicted octanol–water partition coefficient (Wildman–Crippen LogP) is 4.94. The minimum Gasteiger partial charge on any atom is -0.368 e. The molecule has 1 N–H and O–H groups in total. The van der Waals surface area contributed by atoms with E-state index in [1.807, 2.05) is 30.0 Å². The van der Waals surface area contributed by atoms with E-state index in [0.29, 0.717) is 37.7 Å². The molecule has 1 aromatic heterocycles. The summed E-state index contributed by atoms with van der Waals surface area (Å²) in [5.41, 5.74) is 3.67. The molecule has 5 rings (SSSR count). The maximum Gasteiger partial charge on any atom is 0.263 e. The monoisotopic (exact) mass is 604 g/mol. The first-order chi connectivity index (χ1) is 19.0. The van der Waals surface area contributed by atoms with Gasteiger partial charge in [-0.15, -0.1) is 0 Å². The van der Waals surface area contributed by atoms with Crippen molar-refractivity contribution in [3.63, 3.8) is 0 Å². The van der Waals surface area contributed by atoms with Crippen LogP contribution in [0.25, 0.3) is 0 Å². The number of nitrogens with zero attached hydrogens (tertiary/aromatic N) is 5. The van der Waals surface area contributed by atoms with Gasteiger partial charge in [-0.2, -0.15) is 0 Å². The second-order valence-corrected chi connectivity index (χ2v) is 12.7. The molecule has 0 radical (unpaired) electrons. The van der Waals surface area contributed by atoms with Crippen LogP contribution in [-0.2, 0) is 21.2 Å². The quantitative estimate of drug-likeness (QED) is 0.425. The molecule has 0 aliphatic carbocycles. The van der Waals surface area contributed by atoms with Gasteiger partial charge in [-0.1, -0.05) is 23.2 Å². The van der Waals surface area contributed by atoms with E-state index in [2.05, 4.69) is 24.5 Å². The van der Waals surface area contributed by atoms with Gasteiger partial charge in [0.25, 0.3) is 10.0 Å². The van der Waals surface area contributed by atoms with E-state index in [1.165, 1.54) is 5.56 Å². The number of amides is 1. The van der Waals surface area contributed by atoms with Crippen LogP contribution in [0.3, 0.4) is 0 Å². The summed E-state index contributed by atoms with van der Waals surface area (Å²) >= 11 is 12.4. The van der Waals surface area contributed by atoms with Crippen molar-refractivity contribution in [2.24, 2.45) is 0 Å². The van der Waals surface area contributed by atoms with Crippen molar-refractivity contribution in [3.8, 4) is 0 Å². The molecule has 0 spiro atoms. The number of anilines is 3. The Bertz CT molecular complexity index is 1530. The number of fused-ring (bicyclic) bond motifs is 1. The van der Waals surface area contributed by atoms with Crippen molar-refractivity contribution < 1.29 is 14.6 Å². The average molecular weight is 606 g/mol. The number of benzene rings is 2. The molecule has 214 valence electrons. The van der Waals surface area contributed by atoms with E-state index in [4.69, 9.17) is 23.2 Å². The van der Waals surface area contributed by atoms with Crippen molar-refractivity contribution in [3.05, 3.63) is 69.6 Å². The van der Waals surface area contributed by atoms with E-state index in [0.717, 1.165) is 35.8 Å². The first-order valence-corrected chi connectivity index (χ1v) is 15.5. The van der Waals surface area contributed by atoms with Gasteiger partial charge in [0.2, 0.25) is 5.91 Å². The van der Waals surface area contributed by atoms with Crippen molar-refractivity contribution in [1.29, 1.82) is 0 Å². The highest BCUT2D eigenvalue weighted by Crippen LogP contribution is 2.32. The van der Waals surface area contributed by atoms with Gasteiger partial charge in [-0.3, -0.25) is 9.52 Å². The molecule has 1 saturated heterocycles. The Morgan fingerprint density at radius 3 is 2.40 bits per heavy atom. The van der Waals surface area contributed by atoms with E-state index >= 15 is 0 Å². The zero-order valence-electron chi connectivity index (χ0n) is 22.7. The van der Waals surface area contributed by atoms with Crippen molar-refractivity contribution >= 4 is 56.3 Å². The number of sulfonamides is 1. The molecular weight excluding hydrogens is 571 g/mol. The van der Waals surface area contributed by atoms with E-state index < -0.39 is 10.0 Å². The Morgan fingerprint density at radius 2 is 1.70 bits per heavy atom. The standard InChI is InChI=1S/C28H32Cl2N6O3S.H2/c1-18-26(30)27(32-20(3)31-18)33-40(38,39)24-9-7-23(8-10-24)34-13-15-35(16-14-34)28(37)19(2)36-12-4-5-21-17-22(29)6-11-25(21)36;/h6-11,17,19H,4-5,12-16H2,1-3H3,(H,31,32,33);1H/t19-;/m1./s1. The fourth-order valence-electron chi connectivity index (χ4n) is 5.37. The van der Waals surface area contributed by atoms with Crippen LogP contribution in [0, 0.1) is 13.8 Å². The lowest BCUT2D eigenvalue weighted by atomic mass is 10.00. The highest BCUT2D eigenvalue weighted by atomic mass is 35.5. The summed E-state index contributed by atoms with van der Waals surface area (Å²) in [6.07, 6.45) is 1.96. The minimum atomic E-state index is -3.89. The smallest absolute Gasteiger partial charge is 0.263 e. The zero-order chi connectivity index (χ0) is 28.6. The SMILES string of the molecule is Cc1nc(C)c(Cl)c(NS(=O)(=O)c2ccc(N3CCN(C(=O)[C@@H](C)N4CCCc5cc(Cl)ccc54)CC3)cc2)n1.[HH]. The minimum absolute atomic E-state index is 0. The largest absolute Gasteiger partial charge is 0.368 e. The molecule has 3 aromatic rings. The highest BCUT2D eigenvalue weighted by Gasteiger charge is 2.31. The molecule has 0 saturated carbocycles. The highest BCUT2D eigenvalue weighted by molar-refractivity contribution is 7.92. The number of hydrogen-bond donors (Lipinski definition) is 1. The summed E-state index contributed by atoms with van der Waals surface area (Å²) in [5, 5.41) is 0.888. The van der Waals surface area contributed by atoms with Crippen LogP contribution in [-0.4, -0.2) is 68.0 Å². The van der Waals surface area contributed by atoms with Crippen molar-refractivity contribution in [2.75, 3.05) is 47.2 Å². The Kier molecular flexibility index (Phi) is 8.13. The lowest BCUT2D eigenvalue weighted by molar-refractivity contribution is -0.132. The van der Waals surface area contributed by atoms with Crippen LogP contribution >= 0.6 is 23.2 Å². The van der Waals surface area contributed by atoms with Crippen LogP contribution < -0.4 is 14.5 Å². The number of carbonyl (C=O) groups is 1. The summed E-state index contributed by atoms with van der Waals surface area (Å²) < 4.78 is 28.4. The molecule has 3 heterocycles. The molecule has 0 unspecified atom stereocenters. The molecule has 2 aliphatic heterocycles. The van der Waals surface area contributed by atoms with Gasteiger partial charge in [0.05, 0.1) is 10.6 Å². The summed E-state index contributed by atoms with van der Waals surface area (Å²) in [4.78, 5) is 28.1. The molecule has 2 aliphatic rings. The second kappa shape index (κ2) is 11.4. The normalized spacial score (nSPS) is 16.5. The lowest BCUT2D eigenvalue weighted by Gasteiger charge is -2.41. The number of nitrogens with one attached hydrogen (secondary N) is 1. The van der Waals surface area contributed by atoms with Gasteiger partial charge >= 0.3 is 0 Å². The van der Waals surface area contributed by atoms with Crippen molar-refractivity contribution in [1.82, 2.24) is 14.9 Å². The Labute approximate surface area is 246 Å². The molecule has 1 atom stereocenters. The van der Waals surface area contributed by atoms with Crippen molar-refractivity contribution in [2.45, 2.75) is 44.6 Å². The Hall–Kier alpha value is -3.08.